The number of likely N-dealkylation sites (tertiary alicyclic amines) is 2. The first-order valence-corrected chi connectivity index (χ1v) is 21.3. The Balaban J connectivity index is 0.929. The van der Waals surface area contributed by atoms with E-state index < -0.39 is 11.8 Å². The van der Waals surface area contributed by atoms with E-state index in [9.17, 15) is 24.3 Å². The second-order valence-corrected chi connectivity index (χ2v) is 16.6. The van der Waals surface area contributed by atoms with Crippen LogP contribution >= 0.6 is 0 Å². The van der Waals surface area contributed by atoms with Crippen molar-refractivity contribution in [3.05, 3.63) is 119 Å². The molecule has 6 atom stereocenters. The molecule has 2 saturated carbocycles. The molecule has 0 radical (unpaired) electrons. The Morgan fingerprint density at radius 2 is 1.11 bits per heavy atom. The van der Waals surface area contributed by atoms with E-state index in [4.69, 9.17) is 0 Å². The van der Waals surface area contributed by atoms with E-state index in [1.165, 1.54) is 49.7 Å². The van der Waals surface area contributed by atoms with Gasteiger partial charge in [0.15, 0.2) is 5.88 Å². The molecule has 4 amide bonds. The van der Waals surface area contributed by atoms with Crippen LogP contribution in [0.4, 0.5) is 0 Å². The number of nitrogens with one attached hydrogen (secondary N) is 3. The molecule has 2 heterocycles. The molecule has 2 aliphatic carbocycles. The Labute approximate surface area is 337 Å². The van der Waals surface area contributed by atoms with E-state index in [1.807, 2.05) is 36.4 Å². The molecule has 57 heavy (non-hydrogen) atoms. The molecule has 0 bridgehead atoms. The number of benzene rings is 3. The minimum absolute atomic E-state index is 0.00598. The number of aliphatic hydroxyl groups excluding tert-OH is 1. The first-order chi connectivity index (χ1) is 27.8. The lowest BCUT2D eigenvalue weighted by atomic mass is 9.94. The van der Waals surface area contributed by atoms with Gasteiger partial charge < -0.3 is 30.9 Å². The number of hydrogen-bond donors (Lipinski definition) is 4. The van der Waals surface area contributed by atoms with Gasteiger partial charge in [-0.25, -0.2) is 0 Å². The van der Waals surface area contributed by atoms with E-state index in [-0.39, 0.29) is 66.5 Å². The fraction of sp³-hybridized carbons (Fsp3) is 0.489. The normalized spacial score (nSPS) is 24.5. The molecule has 4 N–H and O–H groups in total. The molecular weight excluding hydrogens is 715 g/mol. The van der Waals surface area contributed by atoms with Gasteiger partial charge in [0, 0.05) is 73.3 Å². The SMILES string of the molecule is CCCCCCCCCCN/C(O)=C1/CCN(C(=O)c2ccc(C(=O)N3C[C@@H](C(=O)N[C@H]4C[C@@H]4c4ccccc4)[C@H](C(=O)N[C@H]4C[C@@H]4c4ccccc4)C3)cc2)C1. The lowest BCUT2D eigenvalue weighted by molar-refractivity contribution is -0.133. The summed E-state index contributed by atoms with van der Waals surface area (Å²) in [5.74, 6) is -1.50. The van der Waals surface area contributed by atoms with Crippen molar-refractivity contribution in [1.82, 2.24) is 25.8 Å². The maximum absolute atomic E-state index is 13.9. The van der Waals surface area contributed by atoms with Crippen LogP contribution in [0.2, 0.25) is 0 Å². The van der Waals surface area contributed by atoms with Crippen molar-refractivity contribution >= 4 is 23.6 Å². The summed E-state index contributed by atoms with van der Waals surface area (Å²) in [4.78, 5) is 58.3. The second kappa shape index (κ2) is 18.9. The van der Waals surface area contributed by atoms with Gasteiger partial charge in [0.1, 0.15) is 0 Å². The van der Waals surface area contributed by atoms with Crippen molar-refractivity contribution in [2.75, 3.05) is 32.7 Å². The average molecular weight is 774 g/mol. The number of amides is 4. The van der Waals surface area contributed by atoms with Crippen molar-refractivity contribution < 1.29 is 24.3 Å². The van der Waals surface area contributed by atoms with Gasteiger partial charge in [-0.3, -0.25) is 19.2 Å². The first kappa shape index (κ1) is 40.1. The summed E-state index contributed by atoms with van der Waals surface area (Å²) in [5.41, 5.74) is 4.06. The summed E-state index contributed by atoms with van der Waals surface area (Å²) in [7, 11) is 0. The predicted molar refractivity (Wildman–Crippen MR) is 222 cm³/mol. The van der Waals surface area contributed by atoms with Gasteiger partial charge in [0.05, 0.1) is 11.8 Å². The third-order valence-corrected chi connectivity index (χ3v) is 12.4. The minimum atomic E-state index is -0.676. The average Bonchev–Trinajstić information content (AvgIpc) is 4.06. The maximum Gasteiger partial charge on any atom is 0.254 e. The van der Waals surface area contributed by atoms with Crippen LogP contribution in [0, 0.1) is 11.8 Å². The number of aliphatic hydroxyl groups is 1. The number of hydrogen-bond acceptors (Lipinski definition) is 6. The summed E-state index contributed by atoms with van der Waals surface area (Å²) in [5, 5.41) is 20.2. The Morgan fingerprint density at radius 3 is 1.61 bits per heavy atom. The highest BCUT2D eigenvalue weighted by Gasteiger charge is 2.49. The molecule has 4 aliphatic rings. The van der Waals surface area contributed by atoms with Gasteiger partial charge in [-0.2, -0.15) is 0 Å². The highest BCUT2D eigenvalue weighted by atomic mass is 16.3. The van der Waals surface area contributed by atoms with Gasteiger partial charge in [-0.1, -0.05) is 113 Å². The standard InChI is InChI=1S/C47H59N5O5/c1-2-3-4-5-6-7-8-15-25-48-43(53)36-24-26-51(29-36)46(56)34-20-22-35(23-21-34)47(57)52-30-39(44(54)49-41-27-37(41)32-16-11-9-12-17-32)40(31-52)45(55)50-42-28-38(42)33-18-13-10-14-19-33/h9-14,16-23,37-42,48,53H,2-8,15,24-31H2,1H3,(H,49,54)(H,50,55)/b43-36+/t37-,38-,39-,40-,41+,42+/m1/s1. The van der Waals surface area contributed by atoms with E-state index >= 15 is 0 Å². The Bertz CT molecular complexity index is 1810. The molecular formula is C47H59N5O5. The van der Waals surface area contributed by atoms with Crippen LogP contribution in [0.25, 0.3) is 0 Å². The fourth-order valence-corrected chi connectivity index (χ4v) is 8.66. The number of carbonyl (C=O) groups excluding carboxylic acids is 4. The molecule has 0 unspecified atom stereocenters. The van der Waals surface area contributed by atoms with E-state index in [0.29, 0.717) is 37.2 Å². The van der Waals surface area contributed by atoms with Gasteiger partial charge >= 0.3 is 0 Å². The third kappa shape index (κ3) is 10.3. The van der Waals surface area contributed by atoms with Gasteiger partial charge in [0.2, 0.25) is 11.8 Å². The molecule has 3 aromatic carbocycles. The topological polar surface area (TPSA) is 131 Å². The molecule has 10 heteroatoms. The molecule has 0 spiro atoms. The fourth-order valence-electron chi connectivity index (χ4n) is 8.66. The number of rotatable bonds is 18. The smallest absolute Gasteiger partial charge is 0.254 e. The minimum Gasteiger partial charge on any atom is -0.495 e. The monoisotopic (exact) mass is 773 g/mol. The van der Waals surface area contributed by atoms with Gasteiger partial charge in [-0.05, 0) is 61.1 Å². The highest BCUT2D eigenvalue weighted by Crippen LogP contribution is 2.42. The van der Waals surface area contributed by atoms with E-state index in [1.54, 1.807) is 34.1 Å². The zero-order chi connectivity index (χ0) is 39.7. The lowest BCUT2D eigenvalue weighted by Crippen LogP contribution is -2.43. The van der Waals surface area contributed by atoms with Crippen molar-refractivity contribution in [1.29, 1.82) is 0 Å². The summed E-state index contributed by atoms with van der Waals surface area (Å²) in [6, 6.07) is 26.9. The zero-order valence-electron chi connectivity index (χ0n) is 33.3. The lowest BCUT2D eigenvalue weighted by Gasteiger charge is -2.18. The largest absolute Gasteiger partial charge is 0.495 e. The Kier molecular flexibility index (Phi) is 13.3. The van der Waals surface area contributed by atoms with Crippen molar-refractivity contribution in [2.45, 2.75) is 101 Å². The van der Waals surface area contributed by atoms with Crippen molar-refractivity contribution in [3.8, 4) is 0 Å². The van der Waals surface area contributed by atoms with Crippen LogP contribution in [-0.4, -0.2) is 83.3 Å². The van der Waals surface area contributed by atoms with Gasteiger partial charge in [0.25, 0.3) is 11.8 Å². The zero-order valence-corrected chi connectivity index (χ0v) is 33.3. The van der Waals surface area contributed by atoms with E-state index in [2.05, 4.69) is 47.1 Å². The summed E-state index contributed by atoms with van der Waals surface area (Å²) in [6.45, 7) is 4.09. The van der Waals surface area contributed by atoms with Crippen LogP contribution < -0.4 is 16.0 Å². The van der Waals surface area contributed by atoms with Gasteiger partial charge in [-0.15, -0.1) is 0 Å². The third-order valence-electron chi connectivity index (χ3n) is 12.4. The first-order valence-electron chi connectivity index (χ1n) is 21.3. The van der Waals surface area contributed by atoms with Crippen LogP contribution in [0.5, 0.6) is 0 Å². The highest BCUT2D eigenvalue weighted by molar-refractivity contribution is 5.99. The van der Waals surface area contributed by atoms with Crippen LogP contribution in [-0.2, 0) is 9.59 Å². The summed E-state index contributed by atoms with van der Waals surface area (Å²) in [6.07, 6.45) is 12.1. The second-order valence-electron chi connectivity index (χ2n) is 16.6. The molecule has 0 aromatic heterocycles. The Hall–Kier alpha value is -5.12. The molecule has 7 rings (SSSR count). The summed E-state index contributed by atoms with van der Waals surface area (Å²) < 4.78 is 0. The molecule has 2 saturated heterocycles. The molecule has 3 aromatic rings. The molecule has 2 aliphatic heterocycles. The molecule has 10 nitrogen and oxygen atoms in total. The van der Waals surface area contributed by atoms with Crippen molar-refractivity contribution in [2.24, 2.45) is 11.8 Å². The van der Waals surface area contributed by atoms with E-state index in [0.717, 1.165) is 31.3 Å². The van der Waals surface area contributed by atoms with Crippen LogP contribution in [0.3, 0.4) is 0 Å². The molecule has 302 valence electrons. The maximum atomic E-state index is 13.9. The van der Waals surface area contributed by atoms with Crippen molar-refractivity contribution in [3.63, 3.8) is 0 Å². The molecule has 4 fully saturated rings. The van der Waals surface area contributed by atoms with Crippen LogP contribution in [0.1, 0.15) is 121 Å². The quantitative estimate of drug-likeness (QED) is 0.0809. The number of unbranched alkanes of at least 4 members (excludes halogenated alkanes) is 7. The number of carbonyl (C=O) groups is 4. The Morgan fingerprint density at radius 1 is 0.632 bits per heavy atom. The summed E-state index contributed by atoms with van der Waals surface area (Å²) >= 11 is 0. The number of nitrogens with zero attached hydrogens (tertiary/aromatic N) is 2. The van der Waals surface area contributed by atoms with Crippen LogP contribution in [0.15, 0.2) is 96.4 Å². The predicted octanol–water partition coefficient (Wildman–Crippen LogP) is 7.07.